The van der Waals surface area contributed by atoms with E-state index >= 15 is 0 Å². The minimum absolute atomic E-state index is 0.120. The second-order valence-corrected chi connectivity index (χ2v) is 2.14. The highest BCUT2D eigenvalue weighted by atomic mass is 16.3. The summed E-state index contributed by atoms with van der Waals surface area (Å²) in [5.41, 5.74) is -0.697. The highest BCUT2D eigenvalue weighted by molar-refractivity contribution is 5.94. The van der Waals surface area contributed by atoms with Crippen molar-refractivity contribution in [3.63, 3.8) is 0 Å². The Hall–Kier alpha value is -1.78. The van der Waals surface area contributed by atoms with Crippen LogP contribution < -0.4 is 10.7 Å². The number of nitrogens with one attached hydrogen (secondary N) is 2. The van der Waals surface area contributed by atoms with E-state index in [0.29, 0.717) is 0 Å². The molecule has 0 saturated carbocycles. The molecule has 0 saturated heterocycles. The first-order chi connectivity index (χ1) is 5.66. The topological polar surface area (TPSA) is 82.2 Å². The standard InChI is InChI=1S/C7H8N2O3/c1-8-7(12)5-6(11)4(10)2-3-9-5/h2-3,11H,1H3,(H,8,12)(H,9,10). The zero-order valence-corrected chi connectivity index (χ0v) is 6.42. The number of aromatic hydroxyl groups is 1. The molecule has 0 fully saturated rings. The predicted molar refractivity (Wildman–Crippen MR) is 42.1 cm³/mol. The van der Waals surface area contributed by atoms with Crippen molar-refractivity contribution < 1.29 is 9.90 Å². The van der Waals surface area contributed by atoms with Crippen molar-refractivity contribution in [1.29, 1.82) is 0 Å². The smallest absolute Gasteiger partial charge is 0.271 e. The lowest BCUT2D eigenvalue weighted by Crippen LogP contribution is -2.21. The van der Waals surface area contributed by atoms with Crippen LogP contribution in [0.25, 0.3) is 0 Å². The first kappa shape index (κ1) is 8.32. The molecule has 1 aromatic rings. The Kier molecular flexibility index (Phi) is 2.14. The fraction of sp³-hybridized carbons (Fsp3) is 0.143. The summed E-state index contributed by atoms with van der Waals surface area (Å²) < 4.78 is 0. The molecule has 0 aliphatic carbocycles. The van der Waals surface area contributed by atoms with Crippen LogP contribution >= 0.6 is 0 Å². The van der Waals surface area contributed by atoms with Gasteiger partial charge in [0.2, 0.25) is 5.43 Å². The molecule has 0 radical (unpaired) electrons. The van der Waals surface area contributed by atoms with Crippen molar-refractivity contribution in [2.24, 2.45) is 0 Å². The summed E-state index contributed by atoms with van der Waals surface area (Å²) in [4.78, 5) is 24.2. The van der Waals surface area contributed by atoms with Crippen LogP contribution in [0.1, 0.15) is 10.5 Å². The zero-order valence-electron chi connectivity index (χ0n) is 6.42. The van der Waals surface area contributed by atoms with Crippen LogP contribution in [0.5, 0.6) is 5.75 Å². The van der Waals surface area contributed by atoms with Crippen molar-refractivity contribution in [2.45, 2.75) is 0 Å². The van der Waals surface area contributed by atoms with Crippen LogP contribution in [0, 0.1) is 0 Å². The average Bonchev–Trinajstić information content (AvgIpc) is 2.08. The van der Waals surface area contributed by atoms with Crippen LogP contribution in [0.3, 0.4) is 0 Å². The number of pyridine rings is 1. The monoisotopic (exact) mass is 168 g/mol. The lowest BCUT2D eigenvalue weighted by molar-refractivity contribution is 0.0955. The largest absolute Gasteiger partial charge is 0.503 e. The fourth-order valence-corrected chi connectivity index (χ4v) is 0.769. The van der Waals surface area contributed by atoms with Gasteiger partial charge in [0.25, 0.3) is 5.91 Å². The molecule has 0 aliphatic rings. The van der Waals surface area contributed by atoms with Crippen LogP contribution in [0.4, 0.5) is 0 Å². The van der Waals surface area contributed by atoms with E-state index in [1.165, 1.54) is 13.2 Å². The Morgan fingerprint density at radius 2 is 2.33 bits per heavy atom. The summed E-state index contributed by atoms with van der Waals surface area (Å²) in [5, 5.41) is 11.4. The van der Waals surface area contributed by atoms with Crippen molar-refractivity contribution in [3.8, 4) is 5.75 Å². The van der Waals surface area contributed by atoms with E-state index in [2.05, 4.69) is 10.3 Å². The van der Waals surface area contributed by atoms with Gasteiger partial charge in [0, 0.05) is 19.3 Å². The van der Waals surface area contributed by atoms with E-state index in [1.807, 2.05) is 0 Å². The van der Waals surface area contributed by atoms with E-state index in [4.69, 9.17) is 5.11 Å². The molecule has 0 unspecified atom stereocenters. The second kappa shape index (κ2) is 3.08. The Bertz CT molecular complexity index is 356. The Balaban J connectivity index is 3.26. The molecule has 12 heavy (non-hydrogen) atoms. The second-order valence-electron chi connectivity index (χ2n) is 2.14. The third kappa shape index (κ3) is 1.29. The number of carbonyl (C=O) groups is 1. The van der Waals surface area contributed by atoms with Gasteiger partial charge in [-0.15, -0.1) is 0 Å². The first-order valence-corrected chi connectivity index (χ1v) is 3.29. The number of aromatic nitrogens is 1. The van der Waals surface area contributed by atoms with Gasteiger partial charge in [-0.3, -0.25) is 9.59 Å². The summed E-state index contributed by atoms with van der Waals surface area (Å²) in [5.74, 6) is -1.08. The molecular formula is C7H8N2O3. The van der Waals surface area contributed by atoms with Crippen molar-refractivity contribution in [1.82, 2.24) is 10.3 Å². The van der Waals surface area contributed by atoms with Gasteiger partial charge in [-0.2, -0.15) is 0 Å². The molecule has 64 valence electrons. The maximum Gasteiger partial charge on any atom is 0.271 e. The molecule has 0 bridgehead atoms. The van der Waals surface area contributed by atoms with E-state index in [9.17, 15) is 9.59 Å². The number of amides is 1. The highest BCUT2D eigenvalue weighted by Crippen LogP contribution is 2.05. The van der Waals surface area contributed by atoms with Crippen LogP contribution in [0.2, 0.25) is 0 Å². The molecule has 1 heterocycles. The number of hydrogen-bond acceptors (Lipinski definition) is 3. The van der Waals surface area contributed by atoms with Crippen LogP contribution in [0.15, 0.2) is 17.1 Å². The van der Waals surface area contributed by atoms with Gasteiger partial charge in [0.05, 0.1) is 0 Å². The molecule has 0 aliphatic heterocycles. The molecule has 3 N–H and O–H groups in total. The van der Waals surface area contributed by atoms with E-state index in [0.717, 1.165) is 6.07 Å². The number of hydrogen-bond donors (Lipinski definition) is 3. The van der Waals surface area contributed by atoms with Gasteiger partial charge in [0.1, 0.15) is 0 Å². The number of rotatable bonds is 1. The highest BCUT2D eigenvalue weighted by Gasteiger charge is 2.11. The zero-order chi connectivity index (χ0) is 9.14. The maximum atomic E-state index is 10.9. The van der Waals surface area contributed by atoms with Gasteiger partial charge in [-0.05, 0) is 0 Å². The lowest BCUT2D eigenvalue weighted by atomic mass is 10.3. The minimum atomic E-state index is -0.577. The molecule has 1 aromatic heterocycles. The summed E-state index contributed by atoms with van der Waals surface area (Å²) in [7, 11) is 1.41. The van der Waals surface area contributed by atoms with Gasteiger partial charge < -0.3 is 15.4 Å². The van der Waals surface area contributed by atoms with Gasteiger partial charge in [0.15, 0.2) is 11.4 Å². The molecule has 5 heteroatoms. The Labute approximate surface area is 68.0 Å². The fourth-order valence-electron chi connectivity index (χ4n) is 0.769. The van der Waals surface area contributed by atoms with Crippen molar-refractivity contribution in [3.05, 3.63) is 28.2 Å². The first-order valence-electron chi connectivity index (χ1n) is 3.29. The Morgan fingerprint density at radius 3 is 2.92 bits per heavy atom. The summed E-state index contributed by atoms with van der Waals surface area (Å²) in [6.07, 6.45) is 1.30. The SMILES string of the molecule is CNC(=O)c1[nH]ccc(=O)c1O. The molecule has 1 rings (SSSR count). The molecule has 0 spiro atoms. The number of carbonyl (C=O) groups excluding carboxylic acids is 1. The Morgan fingerprint density at radius 1 is 1.67 bits per heavy atom. The van der Waals surface area contributed by atoms with Crippen molar-refractivity contribution >= 4 is 5.91 Å². The molecule has 5 nitrogen and oxygen atoms in total. The summed E-state index contributed by atoms with van der Waals surface area (Å²) >= 11 is 0. The predicted octanol–water partition coefficient (Wildman–Crippen LogP) is -0.560. The summed E-state index contributed by atoms with van der Waals surface area (Å²) in [6, 6.07) is 1.14. The normalized spacial score (nSPS) is 9.42. The number of H-pyrrole nitrogens is 1. The third-order valence-electron chi connectivity index (χ3n) is 1.39. The van der Waals surface area contributed by atoms with E-state index in [-0.39, 0.29) is 5.69 Å². The molecular weight excluding hydrogens is 160 g/mol. The molecule has 0 atom stereocenters. The van der Waals surface area contributed by atoms with Gasteiger partial charge >= 0.3 is 0 Å². The van der Waals surface area contributed by atoms with E-state index < -0.39 is 17.1 Å². The lowest BCUT2D eigenvalue weighted by Gasteiger charge is -2.00. The summed E-state index contributed by atoms with van der Waals surface area (Å²) in [6.45, 7) is 0. The van der Waals surface area contributed by atoms with Crippen LogP contribution in [-0.2, 0) is 0 Å². The molecule has 1 amide bonds. The number of aromatic amines is 1. The maximum absolute atomic E-state index is 10.9. The quantitative estimate of drug-likeness (QED) is 0.525. The third-order valence-corrected chi connectivity index (χ3v) is 1.39. The van der Waals surface area contributed by atoms with Gasteiger partial charge in [-0.1, -0.05) is 0 Å². The van der Waals surface area contributed by atoms with Crippen molar-refractivity contribution in [2.75, 3.05) is 7.05 Å². The minimum Gasteiger partial charge on any atom is -0.503 e. The average molecular weight is 168 g/mol. The van der Waals surface area contributed by atoms with Gasteiger partial charge in [-0.25, -0.2) is 0 Å². The van der Waals surface area contributed by atoms with E-state index in [1.54, 1.807) is 0 Å². The molecule has 0 aromatic carbocycles. The van der Waals surface area contributed by atoms with Crippen LogP contribution in [-0.4, -0.2) is 23.0 Å².